The van der Waals surface area contributed by atoms with Gasteiger partial charge < -0.3 is 26.2 Å². The minimum absolute atomic E-state index is 0.0672. The summed E-state index contributed by atoms with van der Waals surface area (Å²) in [5.41, 5.74) is 4.34. The number of carbonyl (C=O) groups excluding carboxylic acids is 1. The Labute approximate surface area is 138 Å². The van der Waals surface area contributed by atoms with Gasteiger partial charge in [-0.25, -0.2) is 9.78 Å². The van der Waals surface area contributed by atoms with Gasteiger partial charge in [-0.1, -0.05) is 30.3 Å². The summed E-state index contributed by atoms with van der Waals surface area (Å²) in [4.78, 5) is 29.9. The van der Waals surface area contributed by atoms with Crippen LogP contribution in [0.2, 0.25) is 0 Å². The minimum Gasteiger partial charge on any atom is -0.478 e. The summed E-state index contributed by atoms with van der Waals surface area (Å²) in [6.07, 6.45) is 3.92. The van der Waals surface area contributed by atoms with Gasteiger partial charge in [-0.3, -0.25) is 4.79 Å². The quantitative estimate of drug-likeness (QED) is 0.441. The van der Waals surface area contributed by atoms with Crippen molar-refractivity contribution >= 4 is 11.9 Å². The van der Waals surface area contributed by atoms with Crippen LogP contribution in [0.5, 0.6) is 0 Å². The predicted molar refractivity (Wildman–Crippen MR) is 85.6 cm³/mol. The first-order valence-corrected chi connectivity index (χ1v) is 7.48. The van der Waals surface area contributed by atoms with Crippen molar-refractivity contribution < 1.29 is 19.8 Å². The van der Waals surface area contributed by atoms with E-state index >= 15 is 0 Å². The molecule has 1 aromatic heterocycles. The number of aliphatic hydroxyl groups is 1. The molecule has 0 spiro atoms. The average molecular weight is 332 g/mol. The number of rotatable bonds is 8. The number of imidazole rings is 1. The highest BCUT2D eigenvalue weighted by Gasteiger charge is 2.45. The summed E-state index contributed by atoms with van der Waals surface area (Å²) in [5.74, 6) is -2.24. The van der Waals surface area contributed by atoms with Gasteiger partial charge in [0.2, 0.25) is 5.91 Å². The highest BCUT2D eigenvalue weighted by atomic mass is 16.4. The second-order valence-corrected chi connectivity index (χ2v) is 5.43. The molecule has 6 N–H and O–H groups in total. The minimum atomic E-state index is -2.63. The van der Waals surface area contributed by atoms with Crippen LogP contribution in [0.15, 0.2) is 42.9 Å². The number of carboxylic acid groups (broad SMARTS) is 1. The summed E-state index contributed by atoms with van der Waals surface area (Å²) < 4.78 is 0. The van der Waals surface area contributed by atoms with Crippen LogP contribution in [0.3, 0.4) is 0 Å². The third-order valence-corrected chi connectivity index (χ3v) is 3.66. The van der Waals surface area contributed by atoms with Crippen molar-refractivity contribution in [1.29, 1.82) is 0 Å². The average Bonchev–Trinajstić information content (AvgIpc) is 3.09. The van der Waals surface area contributed by atoms with E-state index in [1.54, 1.807) is 0 Å². The van der Waals surface area contributed by atoms with Crippen molar-refractivity contribution in [2.24, 2.45) is 5.73 Å². The Hall–Kier alpha value is -2.71. The zero-order chi connectivity index (χ0) is 17.6. The Bertz CT molecular complexity index is 675. The first kappa shape index (κ1) is 17.6. The molecule has 0 saturated carbocycles. The number of nitrogens with one attached hydrogen (secondary N) is 2. The molecule has 2 atom stereocenters. The number of carbonyl (C=O) groups is 2. The van der Waals surface area contributed by atoms with E-state index in [1.165, 1.54) is 12.5 Å². The second kappa shape index (κ2) is 7.71. The molecule has 0 bridgehead atoms. The first-order chi connectivity index (χ1) is 11.4. The number of carboxylic acids is 1. The van der Waals surface area contributed by atoms with Crippen LogP contribution in [-0.4, -0.2) is 37.8 Å². The molecule has 0 radical (unpaired) electrons. The van der Waals surface area contributed by atoms with Crippen molar-refractivity contribution in [1.82, 2.24) is 15.3 Å². The fourth-order valence-electron chi connectivity index (χ4n) is 2.29. The van der Waals surface area contributed by atoms with Crippen molar-refractivity contribution in [2.45, 2.75) is 31.0 Å². The van der Waals surface area contributed by atoms with Crippen molar-refractivity contribution in [3.05, 3.63) is 54.1 Å². The Morgan fingerprint density at radius 3 is 2.62 bits per heavy atom. The SMILES string of the molecule is N[C@@H](c1c[nH]cn1)[C@](O)(NC(=O)CCCc1ccccc1)C(=O)O. The van der Waals surface area contributed by atoms with Gasteiger partial charge in [0.05, 0.1) is 12.0 Å². The van der Waals surface area contributed by atoms with Gasteiger partial charge in [-0.2, -0.15) is 0 Å². The topological polar surface area (TPSA) is 141 Å². The maximum atomic E-state index is 12.0. The maximum Gasteiger partial charge on any atom is 0.359 e. The molecule has 2 aromatic rings. The van der Waals surface area contributed by atoms with Gasteiger partial charge in [0.1, 0.15) is 6.04 Å². The Morgan fingerprint density at radius 1 is 1.33 bits per heavy atom. The number of aliphatic carboxylic acids is 1. The van der Waals surface area contributed by atoms with E-state index in [2.05, 4.69) is 15.3 Å². The number of H-pyrrole nitrogens is 1. The Balaban J connectivity index is 1.94. The monoisotopic (exact) mass is 332 g/mol. The molecule has 1 aromatic carbocycles. The summed E-state index contributed by atoms with van der Waals surface area (Å²) in [7, 11) is 0. The summed E-state index contributed by atoms with van der Waals surface area (Å²) >= 11 is 0. The number of aromatic amines is 1. The first-order valence-electron chi connectivity index (χ1n) is 7.48. The molecule has 0 aliphatic heterocycles. The largest absolute Gasteiger partial charge is 0.478 e. The zero-order valence-corrected chi connectivity index (χ0v) is 13.0. The number of hydrogen-bond donors (Lipinski definition) is 5. The molecule has 0 aliphatic rings. The van der Waals surface area contributed by atoms with E-state index < -0.39 is 23.6 Å². The van der Waals surface area contributed by atoms with Crippen LogP contribution >= 0.6 is 0 Å². The van der Waals surface area contributed by atoms with Crippen LogP contribution in [-0.2, 0) is 16.0 Å². The van der Waals surface area contributed by atoms with E-state index in [0.717, 1.165) is 5.56 Å². The number of nitrogens with zero attached hydrogens (tertiary/aromatic N) is 1. The fraction of sp³-hybridized carbons (Fsp3) is 0.312. The summed E-state index contributed by atoms with van der Waals surface area (Å²) in [6.45, 7) is 0. The molecular weight excluding hydrogens is 312 g/mol. The molecule has 0 saturated heterocycles. The van der Waals surface area contributed by atoms with E-state index in [-0.39, 0.29) is 12.1 Å². The molecule has 2 rings (SSSR count). The van der Waals surface area contributed by atoms with Gasteiger partial charge in [0.15, 0.2) is 0 Å². The normalized spacial score (nSPS) is 14.6. The number of aryl methyl sites for hydroxylation is 1. The van der Waals surface area contributed by atoms with Crippen molar-refractivity contribution in [3.63, 3.8) is 0 Å². The van der Waals surface area contributed by atoms with Gasteiger partial charge in [-0.05, 0) is 18.4 Å². The third-order valence-electron chi connectivity index (χ3n) is 3.66. The lowest BCUT2D eigenvalue weighted by molar-refractivity contribution is -0.169. The van der Waals surface area contributed by atoms with Crippen LogP contribution in [0.1, 0.15) is 30.1 Å². The van der Waals surface area contributed by atoms with Gasteiger partial charge in [-0.15, -0.1) is 0 Å². The number of amides is 1. The molecule has 128 valence electrons. The third kappa shape index (κ3) is 4.18. The van der Waals surface area contributed by atoms with Crippen LogP contribution in [0, 0.1) is 0 Å². The number of benzene rings is 1. The Kier molecular flexibility index (Phi) is 5.67. The Morgan fingerprint density at radius 2 is 2.04 bits per heavy atom. The second-order valence-electron chi connectivity index (χ2n) is 5.43. The summed E-state index contributed by atoms with van der Waals surface area (Å²) in [6, 6.07) is 8.19. The number of hydrogen-bond acceptors (Lipinski definition) is 5. The number of nitrogens with two attached hydrogens (primary N) is 1. The van der Waals surface area contributed by atoms with E-state index in [1.807, 2.05) is 30.3 Å². The van der Waals surface area contributed by atoms with E-state index in [4.69, 9.17) is 5.73 Å². The smallest absolute Gasteiger partial charge is 0.359 e. The van der Waals surface area contributed by atoms with Gasteiger partial charge in [0.25, 0.3) is 5.72 Å². The lowest BCUT2D eigenvalue weighted by Gasteiger charge is -2.29. The molecule has 24 heavy (non-hydrogen) atoms. The van der Waals surface area contributed by atoms with Gasteiger partial charge in [0, 0.05) is 12.6 Å². The van der Waals surface area contributed by atoms with Crippen LogP contribution in [0.4, 0.5) is 0 Å². The standard InChI is InChI=1S/C16H20N4O4/c17-14(12-9-18-10-19-12)16(24,15(22)23)20-13(21)8-4-7-11-5-2-1-3-6-11/h1-3,5-6,9-10,14,24H,4,7-8,17H2,(H,18,19)(H,20,21)(H,22,23)/t14-,16+/m0/s1. The molecule has 1 amide bonds. The molecule has 8 heteroatoms. The highest BCUT2D eigenvalue weighted by Crippen LogP contribution is 2.20. The molecule has 0 fully saturated rings. The highest BCUT2D eigenvalue weighted by molar-refractivity contribution is 5.86. The predicted octanol–water partition coefficient (Wildman–Crippen LogP) is 0.322. The molecule has 8 nitrogen and oxygen atoms in total. The molecular formula is C16H20N4O4. The fourth-order valence-corrected chi connectivity index (χ4v) is 2.29. The van der Waals surface area contributed by atoms with Crippen LogP contribution < -0.4 is 11.1 Å². The molecule has 0 unspecified atom stereocenters. The zero-order valence-electron chi connectivity index (χ0n) is 13.0. The van der Waals surface area contributed by atoms with E-state index in [9.17, 15) is 19.8 Å². The molecule has 1 heterocycles. The van der Waals surface area contributed by atoms with Gasteiger partial charge >= 0.3 is 5.97 Å². The van der Waals surface area contributed by atoms with E-state index in [0.29, 0.717) is 12.8 Å². The summed E-state index contributed by atoms with van der Waals surface area (Å²) in [5, 5.41) is 21.7. The molecule has 0 aliphatic carbocycles. The lowest BCUT2D eigenvalue weighted by atomic mass is 10.0. The van der Waals surface area contributed by atoms with Crippen molar-refractivity contribution in [2.75, 3.05) is 0 Å². The lowest BCUT2D eigenvalue weighted by Crippen LogP contribution is -2.60. The van der Waals surface area contributed by atoms with Crippen LogP contribution in [0.25, 0.3) is 0 Å². The maximum absolute atomic E-state index is 12.0. The number of aromatic nitrogens is 2. The van der Waals surface area contributed by atoms with Crippen molar-refractivity contribution in [3.8, 4) is 0 Å².